The summed E-state index contributed by atoms with van der Waals surface area (Å²) in [5, 5.41) is 17.5. The predicted octanol–water partition coefficient (Wildman–Crippen LogP) is 2.33. The van der Waals surface area contributed by atoms with Gasteiger partial charge in [0.05, 0.1) is 35.6 Å². The number of carboxylic acids is 1. The van der Waals surface area contributed by atoms with Crippen LogP contribution in [-0.4, -0.2) is 45.6 Å². The zero-order valence-electron chi connectivity index (χ0n) is 20.2. The number of nitrogens with one attached hydrogen (secondary N) is 2. The van der Waals surface area contributed by atoms with Crippen LogP contribution in [0.2, 0.25) is 0 Å². The highest BCUT2D eigenvalue weighted by molar-refractivity contribution is 7.87. The maximum atomic E-state index is 12.5. The maximum Gasteiger partial charge on any atom is 0.306 e. The van der Waals surface area contributed by atoms with Crippen LogP contribution in [0.1, 0.15) is 42.6 Å². The first-order valence-corrected chi connectivity index (χ1v) is 13.2. The fraction of sp³-hybridized carbons (Fsp3) is 0.417. The van der Waals surface area contributed by atoms with E-state index in [1.54, 1.807) is 19.2 Å². The van der Waals surface area contributed by atoms with E-state index in [1.165, 1.54) is 4.68 Å². The number of pyridine rings is 1. The number of aryl methyl sites for hydroxylation is 2. The summed E-state index contributed by atoms with van der Waals surface area (Å²) in [6.45, 7) is 1.95. The Labute approximate surface area is 210 Å². The maximum absolute atomic E-state index is 12.5. The lowest BCUT2D eigenvalue weighted by atomic mass is 9.87. The average Bonchev–Trinajstić information content (AvgIpc) is 3.24. The number of nitrogens with zero attached hydrogens (tertiary/aromatic N) is 4. The monoisotopic (exact) mass is 514 g/mol. The molecule has 0 radical (unpaired) electrons. The molecule has 1 aliphatic rings. The van der Waals surface area contributed by atoms with Crippen molar-refractivity contribution in [2.45, 2.75) is 51.8 Å². The smallest absolute Gasteiger partial charge is 0.306 e. The number of aromatic nitrogens is 4. The fourth-order valence-corrected chi connectivity index (χ4v) is 5.01. The van der Waals surface area contributed by atoms with Gasteiger partial charge in [-0.3, -0.25) is 9.48 Å². The second-order valence-corrected chi connectivity index (χ2v) is 10.4. The molecule has 192 valence electrons. The van der Waals surface area contributed by atoms with Crippen molar-refractivity contribution in [1.82, 2.24) is 29.4 Å². The molecule has 3 N–H and O–H groups in total. The van der Waals surface area contributed by atoms with Gasteiger partial charge in [0.1, 0.15) is 11.4 Å². The quantitative estimate of drug-likeness (QED) is 0.373. The number of benzene rings is 1. The second-order valence-electron chi connectivity index (χ2n) is 8.86. The first kappa shape index (κ1) is 25.7. The van der Waals surface area contributed by atoms with Gasteiger partial charge in [0.2, 0.25) is 0 Å². The number of carboxylic acid groups (broad SMARTS) is 1. The summed E-state index contributed by atoms with van der Waals surface area (Å²) in [6.07, 6.45) is 2.59. The van der Waals surface area contributed by atoms with E-state index < -0.39 is 16.2 Å². The first-order chi connectivity index (χ1) is 17.2. The third-order valence-corrected chi connectivity index (χ3v) is 7.28. The third kappa shape index (κ3) is 6.45. The lowest BCUT2D eigenvalue weighted by Crippen LogP contribution is -2.36. The van der Waals surface area contributed by atoms with E-state index in [9.17, 15) is 18.3 Å². The van der Waals surface area contributed by atoms with E-state index in [4.69, 9.17) is 4.74 Å². The molecule has 1 aliphatic carbocycles. The van der Waals surface area contributed by atoms with Gasteiger partial charge in [0.25, 0.3) is 10.2 Å². The molecular formula is C24H30N6O5S. The van der Waals surface area contributed by atoms with Crippen LogP contribution < -0.4 is 14.2 Å². The molecule has 0 spiro atoms. The summed E-state index contributed by atoms with van der Waals surface area (Å²) in [6, 6.07) is 12.8. The molecule has 1 unspecified atom stereocenters. The van der Waals surface area contributed by atoms with E-state index in [1.807, 2.05) is 37.3 Å². The van der Waals surface area contributed by atoms with Crippen LogP contribution >= 0.6 is 0 Å². The van der Waals surface area contributed by atoms with Gasteiger partial charge in [-0.15, -0.1) is 5.10 Å². The first-order valence-electron chi connectivity index (χ1n) is 11.8. The standard InChI is InChI=1S/C24H30N6O5S/c1-16-22(35-19-10-6-9-18(13-19)24(31)32)12-11-20(27-16)23-21(30(2)29-28-23)15-26-36(33,34)25-14-17-7-4-3-5-8-17/h3-5,7-8,11-12,18-19,25-26H,6,9-10,13-15H2,1-2H3,(H,31,32)/t18?,19-/m0/s1. The van der Waals surface area contributed by atoms with Crippen molar-refractivity contribution in [3.05, 3.63) is 59.4 Å². The molecule has 2 aromatic heterocycles. The van der Waals surface area contributed by atoms with Crippen molar-refractivity contribution in [2.24, 2.45) is 13.0 Å². The van der Waals surface area contributed by atoms with Gasteiger partial charge in [-0.05, 0) is 50.3 Å². The molecule has 4 rings (SSSR count). The Hall–Kier alpha value is -3.35. The summed E-state index contributed by atoms with van der Waals surface area (Å²) in [7, 11) is -2.08. The van der Waals surface area contributed by atoms with Crippen molar-refractivity contribution in [1.29, 1.82) is 0 Å². The van der Waals surface area contributed by atoms with Crippen LogP contribution in [0, 0.1) is 12.8 Å². The summed E-state index contributed by atoms with van der Waals surface area (Å²) >= 11 is 0. The highest BCUT2D eigenvalue weighted by Crippen LogP contribution is 2.30. The Morgan fingerprint density at radius 3 is 2.61 bits per heavy atom. The van der Waals surface area contributed by atoms with E-state index in [0.29, 0.717) is 41.4 Å². The van der Waals surface area contributed by atoms with E-state index in [-0.39, 0.29) is 25.1 Å². The van der Waals surface area contributed by atoms with Crippen LogP contribution in [0.15, 0.2) is 42.5 Å². The highest BCUT2D eigenvalue weighted by Gasteiger charge is 2.28. The molecule has 1 aromatic carbocycles. The van der Waals surface area contributed by atoms with Gasteiger partial charge in [-0.25, -0.2) is 4.98 Å². The summed E-state index contributed by atoms with van der Waals surface area (Å²) in [5.41, 5.74) is 3.02. The van der Waals surface area contributed by atoms with Crippen LogP contribution in [0.5, 0.6) is 5.75 Å². The number of hydrogen-bond donors (Lipinski definition) is 3. The number of aliphatic carboxylic acids is 1. The Morgan fingerprint density at radius 2 is 1.89 bits per heavy atom. The molecule has 11 nitrogen and oxygen atoms in total. The Balaban J connectivity index is 1.42. The lowest BCUT2D eigenvalue weighted by Gasteiger charge is -2.27. The number of carbonyl (C=O) groups is 1. The molecule has 0 saturated heterocycles. The van der Waals surface area contributed by atoms with E-state index in [2.05, 4.69) is 24.7 Å². The predicted molar refractivity (Wildman–Crippen MR) is 132 cm³/mol. The summed E-state index contributed by atoms with van der Waals surface area (Å²) in [5.74, 6) is -0.579. The molecule has 3 aromatic rings. The van der Waals surface area contributed by atoms with Crippen molar-refractivity contribution >= 4 is 16.2 Å². The minimum Gasteiger partial charge on any atom is -0.489 e. The molecule has 0 amide bonds. The Bertz CT molecular complexity index is 1310. The van der Waals surface area contributed by atoms with Gasteiger partial charge in [-0.2, -0.15) is 17.9 Å². The molecule has 1 saturated carbocycles. The number of rotatable bonds is 10. The largest absolute Gasteiger partial charge is 0.489 e. The van der Waals surface area contributed by atoms with Crippen molar-refractivity contribution < 1.29 is 23.1 Å². The van der Waals surface area contributed by atoms with Gasteiger partial charge in [0.15, 0.2) is 0 Å². The normalized spacial score (nSPS) is 18.2. The molecule has 2 atom stereocenters. The molecule has 36 heavy (non-hydrogen) atoms. The van der Waals surface area contributed by atoms with Gasteiger partial charge in [-0.1, -0.05) is 35.5 Å². The summed E-state index contributed by atoms with van der Waals surface area (Å²) < 4.78 is 37.6. The minimum absolute atomic E-state index is 0.0272. The van der Waals surface area contributed by atoms with Gasteiger partial charge >= 0.3 is 5.97 Å². The average molecular weight is 515 g/mol. The zero-order valence-corrected chi connectivity index (χ0v) is 21.0. The van der Waals surface area contributed by atoms with Crippen molar-refractivity contribution in [2.75, 3.05) is 0 Å². The van der Waals surface area contributed by atoms with Crippen LogP contribution in [0.3, 0.4) is 0 Å². The third-order valence-electron chi connectivity index (χ3n) is 6.23. The Kier molecular flexibility index (Phi) is 7.97. The van der Waals surface area contributed by atoms with Crippen LogP contribution in [-0.2, 0) is 35.1 Å². The van der Waals surface area contributed by atoms with E-state index in [0.717, 1.165) is 18.4 Å². The van der Waals surface area contributed by atoms with Crippen LogP contribution in [0.25, 0.3) is 11.4 Å². The summed E-state index contributed by atoms with van der Waals surface area (Å²) in [4.78, 5) is 15.9. The molecule has 1 fully saturated rings. The second kappa shape index (κ2) is 11.1. The number of ether oxygens (including phenoxy) is 1. The van der Waals surface area contributed by atoms with Crippen LogP contribution in [0.4, 0.5) is 0 Å². The lowest BCUT2D eigenvalue weighted by molar-refractivity contribution is -0.143. The molecule has 0 bridgehead atoms. The zero-order chi connectivity index (χ0) is 25.7. The molecule has 2 heterocycles. The van der Waals surface area contributed by atoms with Crippen molar-refractivity contribution in [3.63, 3.8) is 0 Å². The molecular weight excluding hydrogens is 484 g/mol. The van der Waals surface area contributed by atoms with Gasteiger partial charge in [0, 0.05) is 13.6 Å². The van der Waals surface area contributed by atoms with Gasteiger partial charge < -0.3 is 9.84 Å². The minimum atomic E-state index is -3.76. The fourth-order valence-electron chi connectivity index (χ4n) is 4.22. The molecule has 0 aliphatic heterocycles. The highest BCUT2D eigenvalue weighted by atomic mass is 32.2. The topological polar surface area (TPSA) is 148 Å². The van der Waals surface area contributed by atoms with Crippen molar-refractivity contribution in [3.8, 4) is 17.1 Å². The molecule has 12 heteroatoms. The van der Waals surface area contributed by atoms with E-state index >= 15 is 0 Å². The number of hydrogen-bond acceptors (Lipinski definition) is 7. The SMILES string of the molecule is Cc1nc(-c2nnn(C)c2CNS(=O)(=O)NCc2ccccc2)ccc1O[C@H]1CCCC(C(=O)O)C1. The Morgan fingerprint density at radius 1 is 1.14 bits per heavy atom.